The average molecular weight is 304 g/mol. The third-order valence-electron chi connectivity index (χ3n) is 0.365. The first kappa shape index (κ1) is 10.2. The minimum atomic E-state index is -0.421. The van der Waals surface area contributed by atoms with E-state index in [2.05, 4.69) is 12.6 Å². The summed E-state index contributed by atoms with van der Waals surface area (Å²) in [6.45, 7) is 1.87. The van der Waals surface area contributed by atoms with E-state index >= 15 is 0 Å². The molecule has 0 aromatic carbocycles. The minimum absolute atomic E-state index is 0. The summed E-state index contributed by atoms with van der Waals surface area (Å²) in [5, 5.41) is 8.23. The fraction of sp³-hybridized carbons (Fsp3) is 1.00. The van der Waals surface area contributed by atoms with E-state index in [0.29, 0.717) is 0 Å². The summed E-state index contributed by atoms with van der Waals surface area (Å²) in [4.78, 5) is 0. The summed E-state index contributed by atoms with van der Waals surface area (Å²) in [7, 11) is 0. The van der Waals surface area contributed by atoms with E-state index in [1.165, 1.54) is 0 Å². The first-order chi connectivity index (χ1) is 2.27. The number of aliphatic hydroxyl groups excluding tert-OH is 1. The Morgan fingerprint density at radius 2 is 2.00 bits per heavy atom. The standard InChI is InChI=1S/C3H8OS.Bi.3H/c1-2-3(4)5;;;;/h3-5H,2H2,1H3;;;;. The van der Waals surface area contributed by atoms with E-state index in [-0.39, 0.29) is 26.2 Å². The van der Waals surface area contributed by atoms with Gasteiger partial charge in [-0.25, -0.2) is 0 Å². The third-order valence-corrected chi connectivity index (χ3v) is 0.730. The average Bonchev–Trinajstić information content (AvgIpc) is 1.38. The van der Waals surface area contributed by atoms with Gasteiger partial charge in [-0.15, -0.1) is 12.6 Å². The monoisotopic (exact) mass is 304 g/mol. The van der Waals surface area contributed by atoms with Crippen molar-refractivity contribution >= 4 is 38.8 Å². The van der Waals surface area contributed by atoms with Crippen LogP contribution >= 0.6 is 12.6 Å². The molecule has 0 saturated carbocycles. The molecule has 0 rings (SSSR count). The van der Waals surface area contributed by atoms with Gasteiger partial charge >= 0.3 is 26.2 Å². The number of aliphatic hydroxyl groups is 1. The summed E-state index contributed by atoms with van der Waals surface area (Å²) in [5.41, 5.74) is -0.421. The molecule has 40 valence electrons. The summed E-state index contributed by atoms with van der Waals surface area (Å²) < 4.78 is 0. The van der Waals surface area contributed by atoms with Gasteiger partial charge in [-0.3, -0.25) is 0 Å². The quantitative estimate of drug-likeness (QED) is 0.379. The Hall–Kier alpha value is 1.19. The van der Waals surface area contributed by atoms with Gasteiger partial charge in [0, 0.05) is 0 Å². The Morgan fingerprint density at radius 1 is 1.83 bits per heavy atom. The Balaban J connectivity index is 0. The van der Waals surface area contributed by atoms with Crippen molar-refractivity contribution in [3.63, 3.8) is 0 Å². The predicted molar refractivity (Wildman–Crippen MR) is 35.2 cm³/mol. The van der Waals surface area contributed by atoms with Crippen LogP contribution in [0.5, 0.6) is 0 Å². The molecule has 0 aliphatic rings. The predicted octanol–water partition coefficient (Wildman–Crippen LogP) is -0.539. The van der Waals surface area contributed by atoms with Gasteiger partial charge in [-0.05, 0) is 6.42 Å². The second-order valence-corrected chi connectivity index (χ2v) is 1.48. The van der Waals surface area contributed by atoms with Gasteiger partial charge in [0.1, 0.15) is 0 Å². The van der Waals surface area contributed by atoms with Crippen molar-refractivity contribution in [2.75, 3.05) is 0 Å². The van der Waals surface area contributed by atoms with E-state index in [0.717, 1.165) is 6.42 Å². The van der Waals surface area contributed by atoms with E-state index in [4.69, 9.17) is 5.11 Å². The van der Waals surface area contributed by atoms with Crippen LogP contribution in [0.2, 0.25) is 0 Å². The molecule has 1 unspecified atom stereocenters. The zero-order valence-corrected chi connectivity index (χ0v) is 10.3. The maximum absolute atomic E-state index is 8.23. The first-order valence-corrected chi connectivity index (χ1v) is 2.15. The van der Waals surface area contributed by atoms with Crippen molar-refractivity contribution in [1.29, 1.82) is 0 Å². The molecule has 3 heteroatoms. The van der Waals surface area contributed by atoms with Gasteiger partial charge < -0.3 is 5.11 Å². The molecule has 0 aromatic rings. The molecule has 0 spiro atoms. The van der Waals surface area contributed by atoms with Crippen molar-refractivity contribution in [3.05, 3.63) is 0 Å². The second kappa shape index (κ2) is 6.19. The van der Waals surface area contributed by atoms with Crippen molar-refractivity contribution in [2.24, 2.45) is 0 Å². The van der Waals surface area contributed by atoms with Crippen LogP contribution in [0.3, 0.4) is 0 Å². The molecule has 1 atom stereocenters. The van der Waals surface area contributed by atoms with E-state index in [1.54, 1.807) is 0 Å². The van der Waals surface area contributed by atoms with Gasteiger partial charge in [0.25, 0.3) is 0 Å². The topological polar surface area (TPSA) is 20.2 Å². The number of thiol groups is 1. The zero-order valence-electron chi connectivity index (χ0n) is 3.89. The number of hydrogen-bond acceptors (Lipinski definition) is 2. The van der Waals surface area contributed by atoms with Crippen LogP contribution in [-0.2, 0) is 0 Å². The van der Waals surface area contributed by atoms with Crippen molar-refractivity contribution in [3.8, 4) is 0 Å². The fourth-order valence-electron chi connectivity index (χ4n) is 0. The van der Waals surface area contributed by atoms with Crippen LogP contribution in [0.1, 0.15) is 13.3 Å². The van der Waals surface area contributed by atoms with Gasteiger partial charge in [0.05, 0.1) is 5.44 Å². The number of hydrogen-bond donors (Lipinski definition) is 2. The van der Waals surface area contributed by atoms with Gasteiger partial charge in [-0.2, -0.15) is 0 Å². The van der Waals surface area contributed by atoms with E-state index in [1.807, 2.05) is 6.92 Å². The van der Waals surface area contributed by atoms with Crippen molar-refractivity contribution < 1.29 is 5.11 Å². The molecule has 0 bridgehead atoms. The molecule has 0 aliphatic carbocycles. The summed E-state index contributed by atoms with van der Waals surface area (Å²) in [6.07, 6.45) is 0.725. The molecular weight excluding hydrogens is 293 g/mol. The fourth-order valence-corrected chi connectivity index (χ4v) is 0. The molecule has 6 heavy (non-hydrogen) atoms. The molecule has 0 fully saturated rings. The van der Waals surface area contributed by atoms with Crippen LogP contribution in [0.25, 0.3) is 0 Å². The van der Waals surface area contributed by atoms with E-state index < -0.39 is 5.44 Å². The van der Waals surface area contributed by atoms with Crippen LogP contribution in [0.4, 0.5) is 0 Å². The Morgan fingerprint density at radius 3 is 2.00 bits per heavy atom. The molecule has 0 aromatic heterocycles. The molecule has 0 aliphatic heterocycles. The second-order valence-electron chi connectivity index (χ2n) is 0.889. The molecular formula is C3H11BiOS. The molecule has 0 amide bonds. The summed E-state index contributed by atoms with van der Waals surface area (Å²) in [6, 6.07) is 0. The Labute approximate surface area is 62.7 Å². The molecule has 0 heterocycles. The van der Waals surface area contributed by atoms with Gasteiger partial charge in [0.2, 0.25) is 0 Å². The molecule has 0 radical (unpaired) electrons. The molecule has 1 nitrogen and oxygen atoms in total. The van der Waals surface area contributed by atoms with Crippen molar-refractivity contribution in [1.82, 2.24) is 0 Å². The van der Waals surface area contributed by atoms with Crippen LogP contribution < -0.4 is 0 Å². The summed E-state index contributed by atoms with van der Waals surface area (Å²) in [5.74, 6) is 0. The van der Waals surface area contributed by atoms with Crippen molar-refractivity contribution in [2.45, 2.75) is 18.8 Å². The van der Waals surface area contributed by atoms with Crippen LogP contribution in [0, 0.1) is 0 Å². The molecule has 0 saturated heterocycles. The van der Waals surface area contributed by atoms with E-state index in [9.17, 15) is 0 Å². The third kappa shape index (κ3) is 8.96. The molecule has 1 N–H and O–H groups in total. The SMILES string of the molecule is CCC(O)S.[BiH3]. The van der Waals surface area contributed by atoms with Crippen LogP contribution in [-0.4, -0.2) is 36.7 Å². The first-order valence-electron chi connectivity index (χ1n) is 1.63. The van der Waals surface area contributed by atoms with Gasteiger partial charge in [0.15, 0.2) is 0 Å². The van der Waals surface area contributed by atoms with Gasteiger partial charge in [-0.1, -0.05) is 6.92 Å². The maximum atomic E-state index is 8.23. The summed E-state index contributed by atoms with van der Waals surface area (Å²) >= 11 is 3.65. The Bertz CT molecular complexity index is 24.8. The Kier molecular flexibility index (Phi) is 10.6. The zero-order chi connectivity index (χ0) is 4.28. The van der Waals surface area contributed by atoms with Crippen LogP contribution in [0.15, 0.2) is 0 Å². The number of rotatable bonds is 1. The normalized spacial score (nSPS) is 12.5.